The monoisotopic (exact) mass is 402 g/mol. The molecule has 6 nitrogen and oxygen atoms in total. The molecule has 0 spiro atoms. The van der Waals surface area contributed by atoms with Crippen molar-refractivity contribution < 1.29 is 17.9 Å². The second kappa shape index (κ2) is 8.65. The lowest BCUT2D eigenvalue weighted by Crippen LogP contribution is -2.42. The van der Waals surface area contributed by atoms with E-state index in [1.807, 2.05) is 25.1 Å². The molecule has 0 aromatic heterocycles. The summed E-state index contributed by atoms with van der Waals surface area (Å²) >= 11 is 0. The molecule has 0 radical (unpaired) electrons. The van der Waals surface area contributed by atoms with Crippen molar-refractivity contribution in [1.82, 2.24) is 5.32 Å². The highest BCUT2D eigenvalue weighted by Crippen LogP contribution is 2.31. The Morgan fingerprint density at radius 3 is 2.64 bits per heavy atom. The topological polar surface area (TPSA) is 75.7 Å². The summed E-state index contributed by atoms with van der Waals surface area (Å²) in [7, 11) is -3.66. The van der Waals surface area contributed by atoms with Gasteiger partial charge in [-0.15, -0.1) is 0 Å². The van der Waals surface area contributed by atoms with Gasteiger partial charge in [0.15, 0.2) is 0 Å². The molecular weight excluding hydrogens is 376 g/mol. The number of carbonyl (C=O) groups is 1. The number of hydrogen-bond donors (Lipinski definition) is 1. The van der Waals surface area contributed by atoms with Crippen LogP contribution in [0.15, 0.2) is 48.5 Å². The average Bonchev–Trinajstić information content (AvgIpc) is 2.66. The lowest BCUT2D eigenvalue weighted by Gasteiger charge is -2.28. The van der Waals surface area contributed by atoms with Crippen LogP contribution in [0.2, 0.25) is 0 Å². The summed E-state index contributed by atoms with van der Waals surface area (Å²) < 4.78 is 31.5. The molecule has 7 heteroatoms. The van der Waals surface area contributed by atoms with Crippen molar-refractivity contribution >= 4 is 21.6 Å². The number of carbonyl (C=O) groups excluding carboxylic acids is 1. The normalized spacial score (nSPS) is 16.1. The maximum atomic E-state index is 12.8. The Morgan fingerprint density at radius 2 is 1.89 bits per heavy atom. The van der Waals surface area contributed by atoms with Crippen LogP contribution in [0.4, 0.5) is 5.69 Å². The highest BCUT2D eigenvalue weighted by atomic mass is 32.2. The number of amides is 1. The number of rotatable bonds is 7. The van der Waals surface area contributed by atoms with Crippen molar-refractivity contribution in [3.05, 3.63) is 59.7 Å². The smallest absolute Gasteiger partial charge is 0.241 e. The second-order valence-electron chi connectivity index (χ2n) is 6.88. The van der Waals surface area contributed by atoms with Crippen molar-refractivity contribution in [2.24, 2.45) is 0 Å². The Morgan fingerprint density at radius 1 is 1.18 bits per heavy atom. The first-order valence-electron chi connectivity index (χ1n) is 9.47. The summed E-state index contributed by atoms with van der Waals surface area (Å²) in [4.78, 5) is 12.8. The number of anilines is 1. The molecule has 2 aromatic carbocycles. The highest BCUT2D eigenvalue weighted by molar-refractivity contribution is 7.92. The van der Waals surface area contributed by atoms with E-state index in [-0.39, 0.29) is 18.5 Å². The molecule has 0 heterocycles. The van der Waals surface area contributed by atoms with Crippen LogP contribution in [0.1, 0.15) is 36.9 Å². The molecule has 1 aliphatic carbocycles. The van der Waals surface area contributed by atoms with Crippen molar-refractivity contribution in [3.63, 3.8) is 0 Å². The molecule has 1 aliphatic rings. The summed E-state index contributed by atoms with van der Waals surface area (Å²) in [6.45, 7) is 1.94. The first-order valence-corrected chi connectivity index (χ1v) is 11.3. The molecule has 150 valence electrons. The predicted molar refractivity (Wildman–Crippen MR) is 110 cm³/mol. The van der Waals surface area contributed by atoms with Crippen LogP contribution in [-0.4, -0.2) is 33.7 Å². The number of aryl methyl sites for hydroxylation is 1. The predicted octanol–water partition coefficient (Wildman–Crippen LogP) is 3.05. The third kappa shape index (κ3) is 4.65. The molecule has 1 amide bonds. The van der Waals surface area contributed by atoms with E-state index in [1.54, 1.807) is 24.3 Å². The molecule has 0 aliphatic heterocycles. The van der Waals surface area contributed by atoms with Gasteiger partial charge in [-0.1, -0.05) is 36.4 Å². The van der Waals surface area contributed by atoms with Gasteiger partial charge in [-0.3, -0.25) is 9.10 Å². The number of fused-ring (bicyclic) bond motifs is 1. The minimum absolute atomic E-state index is 0.0963. The van der Waals surface area contributed by atoms with Crippen molar-refractivity contribution in [2.75, 3.05) is 23.7 Å². The molecular formula is C21H26N2O4S. The number of ether oxygens (including phenoxy) is 1. The van der Waals surface area contributed by atoms with Crippen LogP contribution in [-0.2, 0) is 21.2 Å². The number of nitrogens with one attached hydrogen (secondary N) is 1. The fourth-order valence-corrected chi connectivity index (χ4v) is 4.46. The molecule has 0 saturated carbocycles. The summed E-state index contributed by atoms with van der Waals surface area (Å²) in [6, 6.07) is 14.8. The summed E-state index contributed by atoms with van der Waals surface area (Å²) in [6.07, 6.45) is 3.93. The first-order chi connectivity index (χ1) is 13.4. The van der Waals surface area contributed by atoms with E-state index in [2.05, 4.69) is 11.4 Å². The van der Waals surface area contributed by atoms with E-state index in [0.717, 1.165) is 35.4 Å². The molecule has 0 unspecified atom stereocenters. The molecule has 1 N–H and O–H groups in total. The third-order valence-electron chi connectivity index (χ3n) is 4.83. The Balaban J connectivity index is 1.81. The summed E-state index contributed by atoms with van der Waals surface area (Å²) in [5.74, 6) is 0.102. The van der Waals surface area contributed by atoms with E-state index in [9.17, 15) is 13.2 Å². The van der Waals surface area contributed by atoms with Gasteiger partial charge in [-0.25, -0.2) is 8.42 Å². The number of sulfonamides is 1. The minimum Gasteiger partial charge on any atom is -0.492 e. The van der Waals surface area contributed by atoms with E-state index in [4.69, 9.17) is 4.74 Å². The van der Waals surface area contributed by atoms with E-state index in [1.165, 1.54) is 5.56 Å². The largest absolute Gasteiger partial charge is 0.492 e. The van der Waals surface area contributed by atoms with Crippen molar-refractivity contribution in [3.8, 4) is 5.75 Å². The van der Waals surface area contributed by atoms with Crippen LogP contribution < -0.4 is 14.4 Å². The zero-order chi connectivity index (χ0) is 20.1. The zero-order valence-electron chi connectivity index (χ0n) is 16.2. The Hall–Kier alpha value is -2.54. The van der Waals surface area contributed by atoms with Gasteiger partial charge < -0.3 is 10.1 Å². The van der Waals surface area contributed by atoms with Gasteiger partial charge in [0, 0.05) is 0 Å². The summed E-state index contributed by atoms with van der Waals surface area (Å²) in [5, 5.41) is 3.01. The number of benzene rings is 2. The van der Waals surface area contributed by atoms with Crippen LogP contribution in [0.25, 0.3) is 0 Å². The van der Waals surface area contributed by atoms with Gasteiger partial charge >= 0.3 is 0 Å². The van der Waals surface area contributed by atoms with Crippen LogP contribution in [0.5, 0.6) is 5.75 Å². The third-order valence-corrected chi connectivity index (χ3v) is 5.95. The lowest BCUT2D eigenvalue weighted by atomic mass is 9.88. The standard InChI is InChI=1S/C21H26N2O4S/c1-3-27-20-14-7-6-13-19(20)23(28(2,25)26)15-21(24)22-18-12-8-10-16-9-4-5-11-17(16)18/h4-7,9,11,13-14,18H,3,8,10,12,15H2,1-2H3,(H,22,24)/t18-/m1/s1. The van der Waals surface area contributed by atoms with Gasteiger partial charge in [-0.2, -0.15) is 0 Å². The van der Waals surface area contributed by atoms with E-state index >= 15 is 0 Å². The zero-order valence-corrected chi connectivity index (χ0v) is 17.0. The summed E-state index contributed by atoms with van der Waals surface area (Å²) in [5.41, 5.74) is 2.72. The quantitative estimate of drug-likeness (QED) is 0.772. The molecule has 0 fully saturated rings. The fourth-order valence-electron chi connectivity index (χ4n) is 3.60. The Kier molecular flexibility index (Phi) is 6.24. The van der Waals surface area contributed by atoms with Crippen molar-refractivity contribution in [2.45, 2.75) is 32.2 Å². The van der Waals surface area contributed by atoms with Crippen molar-refractivity contribution in [1.29, 1.82) is 0 Å². The minimum atomic E-state index is -3.66. The van der Waals surface area contributed by atoms with Crippen LogP contribution in [0, 0.1) is 0 Å². The highest BCUT2D eigenvalue weighted by Gasteiger charge is 2.26. The maximum Gasteiger partial charge on any atom is 0.241 e. The van der Waals surface area contributed by atoms with Gasteiger partial charge in [0.05, 0.1) is 24.6 Å². The maximum absolute atomic E-state index is 12.8. The van der Waals surface area contributed by atoms with Gasteiger partial charge in [0.1, 0.15) is 12.3 Å². The molecule has 1 atom stereocenters. The molecule has 2 aromatic rings. The van der Waals surface area contributed by atoms with E-state index < -0.39 is 10.0 Å². The molecule has 0 saturated heterocycles. The number of nitrogens with zero attached hydrogens (tertiary/aromatic N) is 1. The second-order valence-corrected chi connectivity index (χ2v) is 8.79. The van der Waals surface area contributed by atoms with E-state index in [0.29, 0.717) is 18.0 Å². The van der Waals surface area contributed by atoms with Gasteiger partial charge in [0.25, 0.3) is 0 Å². The molecule has 28 heavy (non-hydrogen) atoms. The SMILES string of the molecule is CCOc1ccccc1N(CC(=O)N[C@@H]1CCCc2ccccc21)S(C)(=O)=O. The Bertz CT molecular complexity index is 943. The number of hydrogen-bond acceptors (Lipinski definition) is 4. The fraction of sp³-hybridized carbons (Fsp3) is 0.381. The lowest BCUT2D eigenvalue weighted by molar-refractivity contribution is -0.120. The first kappa shape index (κ1) is 20.2. The van der Waals surface area contributed by atoms with Crippen LogP contribution >= 0.6 is 0 Å². The van der Waals surface area contributed by atoms with Gasteiger partial charge in [-0.05, 0) is 49.4 Å². The van der Waals surface area contributed by atoms with Crippen LogP contribution in [0.3, 0.4) is 0 Å². The Labute approximate surface area is 166 Å². The number of para-hydroxylation sites is 2. The average molecular weight is 403 g/mol. The van der Waals surface area contributed by atoms with Gasteiger partial charge in [0.2, 0.25) is 15.9 Å². The molecule has 3 rings (SSSR count). The molecule has 0 bridgehead atoms.